The zero-order valence-corrected chi connectivity index (χ0v) is 11.9. The summed E-state index contributed by atoms with van der Waals surface area (Å²) in [6.07, 6.45) is 1.23. The standard InChI is InChI=1S/C15H18N4O2/c1-11-8-14(19-6-7-21-10-12(20)9-19)18-15(17-11)13-4-2-3-5-16-13/h2-5,8,12,20H,6-7,9-10H2,1H3. The van der Waals surface area contributed by atoms with Crippen LogP contribution in [-0.4, -0.2) is 52.5 Å². The fraction of sp³-hybridized carbons (Fsp3) is 0.400. The summed E-state index contributed by atoms with van der Waals surface area (Å²) in [7, 11) is 0. The van der Waals surface area contributed by atoms with Crippen LogP contribution in [0.4, 0.5) is 5.82 Å². The number of hydrogen-bond donors (Lipinski definition) is 1. The van der Waals surface area contributed by atoms with E-state index in [0.717, 1.165) is 17.2 Å². The number of nitrogens with zero attached hydrogens (tertiary/aromatic N) is 4. The van der Waals surface area contributed by atoms with Crippen LogP contribution in [0.2, 0.25) is 0 Å². The molecule has 1 aliphatic heterocycles. The third kappa shape index (κ3) is 3.34. The van der Waals surface area contributed by atoms with Crippen LogP contribution in [0.25, 0.3) is 11.5 Å². The Morgan fingerprint density at radius 3 is 3.05 bits per heavy atom. The molecule has 0 aliphatic carbocycles. The number of ether oxygens (including phenoxy) is 1. The Labute approximate surface area is 123 Å². The van der Waals surface area contributed by atoms with Crippen LogP contribution in [0.3, 0.4) is 0 Å². The van der Waals surface area contributed by atoms with Crippen LogP contribution in [0.1, 0.15) is 5.69 Å². The molecule has 0 saturated carbocycles. The highest BCUT2D eigenvalue weighted by Crippen LogP contribution is 2.19. The normalized spacial score (nSPS) is 19.3. The Bertz CT molecular complexity index is 606. The van der Waals surface area contributed by atoms with Gasteiger partial charge in [0.15, 0.2) is 5.82 Å². The molecule has 0 aromatic carbocycles. The van der Waals surface area contributed by atoms with E-state index in [1.807, 2.05) is 36.1 Å². The van der Waals surface area contributed by atoms with Crippen molar-refractivity contribution in [3.8, 4) is 11.5 Å². The average Bonchev–Trinajstić information content (AvgIpc) is 2.72. The molecule has 2 aromatic rings. The molecular formula is C15H18N4O2. The van der Waals surface area contributed by atoms with Crippen molar-refractivity contribution in [1.29, 1.82) is 0 Å². The Morgan fingerprint density at radius 2 is 2.24 bits per heavy atom. The van der Waals surface area contributed by atoms with Crippen LogP contribution < -0.4 is 4.90 Å². The van der Waals surface area contributed by atoms with E-state index in [0.29, 0.717) is 32.1 Å². The Kier molecular flexibility index (Phi) is 4.08. The maximum atomic E-state index is 9.85. The van der Waals surface area contributed by atoms with E-state index in [2.05, 4.69) is 15.0 Å². The lowest BCUT2D eigenvalue weighted by atomic mass is 10.3. The van der Waals surface area contributed by atoms with E-state index in [1.165, 1.54) is 0 Å². The first-order valence-corrected chi connectivity index (χ1v) is 7.00. The molecule has 3 heterocycles. The molecule has 0 radical (unpaired) electrons. The van der Waals surface area contributed by atoms with Crippen molar-refractivity contribution in [3.05, 3.63) is 36.2 Å². The molecule has 3 rings (SSSR count). The molecule has 0 spiro atoms. The number of β-amino-alcohol motifs (C(OH)–C–C–N with tert-alkyl or cyclic N) is 1. The van der Waals surface area contributed by atoms with Crippen LogP contribution in [0.5, 0.6) is 0 Å². The third-order valence-electron chi connectivity index (χ3n) is 3.31. The first kappa shape index (κ1) is 13.9. The van der Waals surface area contributed by atoms with Gasteiger partial charge < -0.3 is 14.7 Å². The molecule has 1 atom stereocenters. The van der Waals surface area contributed by atoms with Crippen molar-refractivity contribution in [2.24, 2.45) is 0 Å². The molecule has 0 bridgehead atoms. The maximum absolute atomic E-state index is 9.85. The van der Waals surface area contributed by atoms with E-state index < -0.39 is 6.10 Å². The third-order valence-corrected chi connectivity index (χ3v) is 3.31. The van der Waals surface area contributed by atoms with Gasteiger partial charge in [-0.15, -0.1) is 0 Å². The summed E-state index contributed by atoms with van der Waals surface area (Å²) in [5, 5.41) is 9.85. The van der Waals surface area contributed by atoms with Gasteiger partial charge in [0.05, 0.1) is 19.3 Å². The van der Waals surface area contributed by atoms with Gasteiger partial charge in [0.2, 0.25) is 0 Å². The van der Waals surface area contributed by atoms with Crippen molar-refractivity contribution >= 4 is 5.82 Å². The predicted octanol–water partition coefficient (Wildman–Crippen LogP) is 1.04. The first-order valence-electron chi connectivity index (χ1n) is 7.00. The number of pyridine rings is 1. The summed E-state index contributed by atoms with van der Waals surface area (Å²) in [5.41, 5.74) is 1.62. The van der Waals surface area contributed by atoms with Gasteiger partial charge in [-0.2, -0.15) is 0 Å². The summed E-state index contributed by atoms with van der Waals surface area (Å²) in [6.45, 7) is 4.10. The second-order valence-corrected chi connectivity index (χ2v) is 5.08. The highest BCUT2D eigenvalue weighted by Gasteiger charge is 2.19. The van der Waals surface area contributed by atoms with Gasteiger partial charge >= 0.3 is 0 Å². The molecule has 0 amide bonds. The Hall–Kier alpha value is -2.05. The van der Waals surface area contributed by atoms with Gasteiger partial charge in [-0.05, 0) is 19.1 Å². The number of rotatable bonds is 2. The molecule has 1 aliphatic rings. The van der Waals surface area contributed by atoms with Crippen molar-refractivity contribution in [2.45, 2.75) is 13.0 Å². The van der Waals surface area contributed by atoms with Gasteiger partial charge in [0.25, 0.3) is 0 Å². The lowest BCUT2D eigenvalue weighted by molar-refractivity contribution is 0.0597. The minimum Gasteiger partial charge on any atom is -0.389 e. The molecule has 110 valence electrons. The highest BCUT2D eigenvalue weighted by atomic mass is 16.5. The van der Waals surface area contributed by atoms with Crippen LogP contribution >= 0.6 is 0 Å². The summed E-state index contributed by atoms with van der Waals surface area (Å²) in [5.74, 6) is 1.40. The van der Waals surface area contributed by atoms with Crippen molar-refractivity contribution in [1.82, 2.24) is 15.0 Å². The van der Waals surface area contributed by atoms with E-state index >= 15 is 0 Å². The number of anilines is 1. The molecule has 6 heteroatoms. The Morgan fingerprint density at radius 1 is 1.33 bits per heavy atom. The fourth-order valence-electron chi connectivity index (χ4n) is 2.32. The van der Waals surface area contributed by atoms with E-state index in [9.17, 15) is 5.11 Å². The lowest BCUT2D eigenvalue weighted by Crippen LogP contribution is -2.33. The van der Waals surface area contributed by atoms with Crippen molar-refractivity contribution in [2.75, 3.05) is 31.2 Å². The summed E-state index contributed by atoms with van der Waals surface area (Å²) >= 11 is 0. The van der Waals surface area contributed by atoms with Gasteiger partial charge in [0, 0.05) is 31.0 Å². The second kappa shape index (κ2) is 6.15. The second-order valence-electron chi connectivity index (χ2n) is 5.08. The Balaban J connectivity index is 1.94. The number of aromatic nitrogens is 3. The SMILES string of the molecule is Cc1cc(N2CCOCC(O)C2)nc(-c2ccccn2)n1. The van der Waals surface area contributed by atoms with Gasteiger partial charge in [-0.1, -0.05) is 6.07 Å². The maximum Gasteiger partial charge on any atom is 0.180 e. The topological polar surface area (TPSA) is 71.4 Å². The highest BCUT2D eigenvalue weighted by molar-refractivity contribution is 5.53. The van der Waals surface area contributed by atoms with Crippen LogP contribution in [-0.2, 0) is 4.74 Å². The quantitative estimate of drug-likeness (QED) is 0.889. The summed E-state index contributed by atoms with van der Waals surface area (Å²) < 4.78 is 5.36. The molecule has 1 N–H and O–H groups in total. The summed E-state index contributed by atoms with van der Waals surface area (Å²) in [6, 6.07) is 7.59. The van der Waals surface area contributed by atoms with Gasteiger partial charge in [-0.25, -0.2) is 9.97 Å². The fourth-order valence-corrected chi connectivity index (χ4v) is 2.32. The first-order chi connectivity index (χ1) is 10.2. The number of aliphatic hydroxyl groups is 1. The van der Waals surface area contributed by atoms with Gasteiger partial charge in [0.1, 0.15) is 11.5 Å². The average molecular weight is 286 g/mol. The molecule has 6 nitrogen and oxygen atoms in total. The number of hydrogen-bond acceptors (Lipinski definition) is 6. The molecule has 1 fully saturated rings. The molecule has 21 heavy (non-hydrogen) atoms. The van der Waals surface area contributed by atoms with Gasteiger partial charge in [-0.3, -0.25) is 4.98 Å². The summed E-state index contributed by atoms with van der Waals surface area (Å²) in [4.78, 5) is 15.4. The minimum absolute atomic E-state index is 0.369. The van der Waals surface area contributed by atoms with Crippen LogP contribution in [0, 0.1) is 6.92 Å². The monoisotopic (exact) mass is 286 g/mol. The lowest BCUT2D eigenvalue weighted by Gasteiger charge is -2.23. The van der Waals surface area contributed by atoms with Crippen molar-refractivity contribution < 1.29 is 9.84 Å². The number of aliphatic hydroxyl groups excluding tert-OH is 1. The van der Waals surface area contributed by atoms with Crippen molar-refractivity contribution in [3.63, 3.8) is 0 Å². The smallest absolute Gasteiger partial charge is 0.180 e. The van der Waals surface area contributed by atoms with E-state index in [-0.39, 0.29) is 0 Å². The largest absolute Gasteiger partial charge is 0.389 e. The zero-order chi connectivity index (χ0) is 14.7. The molecule has 1 saturated heterocycles. The molecule has 2 aromatic heterocycles. The minimum atomic E-state index is -0.499. The van der Waals surface area contributed by atoms with E-state index in [4.69, 9.17) is 4.74 Å². The molecule has 1 unspecified atom stereocenters. The van der Waals surface area contributed by atoms with Crippen LogP contribution in [0.15, 0.2) is 30.5 Å². The number of aryl methyl sites for hydroxylation is 1. The molecular weight excluding hydrogens is 268 g/mol. The predicted molar refractivity (Wildman–Crippen MR) is 79.0 cm³/mol. The zero-order valence-electron chi connectivity index (χ0n) is 11.9. The van der Waals surface area contributed by atoms with E-state index in [1.54, 1.807) is 6.20 Å².